The molecular weight excluding hydrogens is 376 g/mol. The van der Waals surface area contributed by atoms with E-state index in [9.17, 15) is 14.9 Å². The number of nitro groups is 1. The molecule has 3 aromatic rings. The third-order valence-electron chi connectivity index (χ3n) is 4.73. The highest BCUT2D eigenvalue weighted by Gasteiger charge is 2.27. The van der Waals surface area contributed by atoms with Crippen molar-refractivity contribution in [3.8, 4) is 10.6 Å². The number of hydrogen-bond acceptors (Lipinski definition) is 6. The number of rotatable bonds is 4. The summed E-state index contributed by atoms with van der Waals surface area (Å²) in [5.74, 6) is -0.0966. The predicted octanol–water partition coefficient (Wildman–Crippen LogP) is 3.68. The first kappa shape index (κ1) is 18.1. The normalized spacial score (nSPS) is 14.1. The molecule has 142 valence electrons. The van der Waals surface area contributed by atoms with Crippen LogP contribution in [0.15, 0.2) is 60.0 Å². The lowest BCUT2D eigenvalue weighted by atomic mass is 10.2. The Kier molecular flexibility index (Phi) is 5.03. The Morgan fingerprint density at radius 3 is 2.39 bits per heavy atom. The molecule has 4 rings (SSSR count). The summed E-state index contributed by atoms with van der Waals surface area (Å²) < 4.78 is 0. The van der Waals surface area contributed by atoms with Crippen molar-refractivity contribution in [3.63, 3.8) is 0 Å². The lowest BCUT2D eigenvalue weighted by Gasteiger charge is -2.35. The van der Waals surface area contributed by atoms with Gasteiger partial charge in [-0.3, -0.25) is 14.9 Å². The molecule has 8 heteroatoms. The van der Waals surface area contributed by atoms with Crippen molar-refractivity contribution in [1.29, 1.82) is 0 Å². The summed E-state index contributed by atoms with van der Waals surface area (Å²) in [7, 11) is 0. The molecular formula is C20H18N4O3S. The highest BCUT2D eigenvalue weighted by molar-refractivity contribution is 7.13. The minimum atomic E-state index is -0.368. The number of hydrogen-bond donors (Lipinski definition) is 0. The van der Waals surface area contributed by atoms with Gasteiger partial charge in [0, 0.05) is 43.2 Å². The Bertz CT molecular complexity index is 997. The molecule has 0 spiro atoms. The fourth-order valence-electron chi connectivity index (χ4n) is 3.28. The minimum absolute atomic E-state index is 0.0919. The molecule has 1 aromatic heterocycles. The quantitative estimate of drug-likeness (QED) is 0.498. The van der Waals surface area contributed by atoms with Gasteiger partial charge in [0.15, 0.2) is 0 Å². The first-order chi connectivity index (χ1) is 13.6. The van der Waals surface area contributed by atoms with Crippen LogP contribution in [0.1, 0.15) is 10.5 Å². The molecule has 0 atom stereocenters. The molecule has 0 saturated carbocycles. The summed E-state index contributed by atoms with van der Waals surface area (Å²) in [4.78, 5) is 31.9. The Balaban J connectivity index is 1.44. The van der Waals surface area contributed by atoms with Gasteiger partial charge in [-0.2, -0.15) is 0 Å². The number of para-hydroxylation sites is 2. The Morgan fingerprint density at radius 2 is 1.68 bits per heavy atom. The maximum absolute atomic E-state index is 12.8. The first-order valence-corrected chi connectivity index (χ1v) is 9.80. The second-order valence-corrected chi connectivity index (χ2v) is 7.29. The third-order valence-corrected chi connectivity index (χ3v) is 5.62. The van der Waals surface area contributed by atoms with Crippen LogP contribution in [0.25, 0.3) is 10.6 Å². The molecule has 2 heterocycles. The fourth-order valence-corrected chi connectivity index (χ4v) is 4.08. The van der Waals surface area contributed by atoms with Crippen LogP contribution in [-0.2, 0) is 0 Å². The smallest absolute Gasteiger partial charge is 0.292 e. The summed E-state index contributed by atoms with van der Waals surface area (Å²) in [6.45, 7) is 2.10. The van der Waals surface area contributed by atoms with E-state index in [0.717, 1.165) is 10.6 Å². The molecule has 0 aliphatic carbocycles. The van der Waals surface area contributed by atoms with Gasteiger partial charge in [0.2, 0.25) is 0 Å². The molecule has 1 aliphatic heterocycles. The number of piperazine rings is 1. The van der Waals surface area contributed by atoms with E-state index in [1.54, 1.807) is 28.5 Å². The minimum Gasteiger partial charge on any atom is -0.362 e. The van der Waals surface area contributed by atoms with E-state index in [1.165, 1.54) is 17.4 Å². The van der Waals surface area contributed by atoms with Crippen LogP contribution in [0.2, 0.25) is 0 Å². The lowest BCUT2D eigenvalue weighted by molar-refractivity contribution is -0.384. The van der Waals surface area contributed by atoms with Gasteiger partial charge in [0.1, 0.15) is 16.4 Å². The molecule has 1 saturated heterocycles. The molecule has 28 heavy (non-hydrogen) atoms. The van der Waals surface area contributed by atoms with E-state index >= 15 is 0 Å². The number of benzene rings is 2. The zero-order valence-electron chi connectivity index (χ0n) is 15.0. The largest absolute Gasteiger partial charge is 0.362 e. The predicted molar refractivity (Wildman–Crippen MR) is 109 cm³/mol. The van der Waals surface area contributed by atoms with E-state index in [1.807, 2.05) is 35.2 Å². The van der Waals surface area contributed by atoms with Gasteiger partial charge in [-0.05, 0) is 6.07 Å². The van der Waals surface area contributed by atoms with E-state index in [4.69, 9.17) is 0 Å². The molecule has 0 unspecified atom stereocenters. The van der Waals surface area contributed by atoms with Crippen molar-refractivity contribution < 1.29 is 9.72 Å². The highest BCUT2D eigenvalue weighted by atomic mass is 32.1. The van der Waals surface area contributed by atoms with Gasteiger partial charge in [0.05, 0.1) is 4.92 Å². The second-order valence-electron chi connectivity index (χ2n) is 6.43. The molecule has 1 aliphatic rings. The van der Waals surface area contributed by atoms with Crippen LogP contribution in [-0.4, -0.2) is 46.9 Å². The zero-order chi connectivity index (χ0) is 19.5. The van der Waals surface area contributed by atoms with Crippen LogP contribution in [0.4, 0.5) is 11.4 Å². The zero-order valence-corrected chi connectivity index (χ0v) is 15.8. The Labute approximate surface area is 166 Å². The third kappa shape index (κ3) is 3.59. The molecule has 7 nitrogen and oxygen atoms in total. The van der Waals surface area contributed by atoms with Crippen molar-refractivity contribution in [2.75, 3.05) is 31.1 Å². The van der Waals surface area contributed by atoms with Gasteiger partial charge in [-0.25, -0.2) is 4.98 Å². The molecule has 1 fully saturated rings. The number of carbonyl (C=O) groups is 1. The van der Waals surface area contributed by atoms with Crippen LogP contribution in [0.3, 0.4) is 0 Å². The van der Waals surface area contributed by atoms with Gasteiger partial charge in [-0.15, -0.1) is 11.3 Å². The van der Waals surface area contributed by atoms with E-state index < -0.39 is 0 Å². The monoisotopic (exact) mass is 394 g/mol. The second kappa shape index (κ2) is 7.77. The van der Waals surface area contributed by atoms with Crippen LogP contribution >= 0.6 is 11.3 Å². The number of aromatic nitrogens is 1. The fraction of sp³-hybridized carbons (Fsp3) is 0.200. The van der Waals surface area contributed by atoms with Gasteiger partial charge in [0.25, 0.3) is 11.6 Å². The summed E-state index contributed by atoms with van der Waals surface area (Å²) in [6.07, 6.45) is 0. The molecule has 1 amide bonds. The standard InChI is InChI=1S/C20H18N4O3S/c25-20(16-14-28-19(21-16)15-6-2-1-3-7-15)23-12-10-22(11-13-23)17-8-4-5-9-18(17)24(26)27/h1-9,14H,10-13H2. The molecule has 0 radical (unpaired) electrons. The van der Waals surface area contributed by atoms with Crippen LogP contribution in [0.5, 0.6) is 0 Å². The molecule has 0 N–H and O–H groups in total. The maximum Gasteiger partial charge on any atom is 0.292 e. The number of thiazole rings is 1. The number of amides is 1. The van der Waals surface area contributed by atoms with Gasteiger partial charge in [-0.1, -0.05) is 42.5 Å². The number of nitro benzene ring substituents is 1. The number of nitrogens with zero attached hydrogens (tertiary/aromatic N) is 4. The highest BCUT2D eigenvalue weighted by Crippen LogP contribution is 2.29. The molecule has 0 bridgehead atoms. The van der Waals surface area contributed by atoms with Crippen molar-refractivity contribution in [1.82, 2.24) is 9.88 Å². The average Bonchev–Trinajstić information content (AvgIpc) is 3.24. The first-order valence-electron chi connectivity index (χ1n) is 8.92. The summed E-state index contributed by atoms with van der Waals surface area (Å²) in [5.41, 5.74) is 2.13. The van der Waals surface area contributed by atoms with E-state index in [-0.39, 0.29) is 16.5 Å². The summed E-state index contributed by atoms with van der Waals surface area (Å²) in [5, 5.41) is 13.9. The number of carbonyl (C=O) groups excluding carboxylic acids is 1. The maximum atomic E-state index is 12.8. The number of anilines is 1. The summed E-state index contributed by atoms with van der Waals surface area (Å²) in [6, 6.07) is 16.5. The Hall–Kier alpha value is -3.26. The van der Waals surface area contributed by atoms with Crippen molar-refractivity contribution in [3.05, 3.63) is 75.8 Å². The topological polar surface area (TPSA) is 79.6 Å². The SMILES string of the molecule is O=C(c1csc(-c2ccccc2)n1)N1CCN(c2ccccc2[N+](=O)[O-])CC1. The summed E-state index contributed by atoms with van der Waals surface area (Å²) >= 11 is 1.45. The van der Waals surface area contributed by atoms with Crippen LogP contribution < -0.4 is 4.90 Å². The van der Waals surface area contributed by atoms with Gasteiger partial charge < -0.3 is 9.80 Å². The van der Waals surface area contributed by atoms with E-state index in [2.05, 4.69) is 4.98 Å². The van der Waals surface area contributed by atoms with Crippen LogP contribution in [0, 0.1) is 10.1 Å². The van der Waals surface area contributed by atoms with E-state index in [0.29, 0.717) is 37.6 Å². The Morgan fingerprint density at radius 1 is 1.00 bits per heavy atom. The van der Waals surface area contributed by atoms with Crippen molar-refractivity contribution >= 4 is 28.6 Å². The average molecular weight is 394 g/mol. The molecule has 2 aromatic carbocycles. The lowest BCUT2D eigenvalue weighted by Crippen LogP contribution is -2.49. The van der Waals surface area contributed by atoms with Crippen molar-refractivity contribution in [2.45, 2.75) is 0 Å². The van der Waals surface area contributed by atoms with Crippen molar-refractivity contribution in [2.24, 2.45) is 0 Å². The van der Waals surface area contributed by atoms with Gasteiger partial charge >= 0.3 is 0 Å².